The summed E-state index contributed by atoms with van der Waals surface area (Å²) in [5, 5.41) is 11.3. The molecule has 0 spiro atoms. The van der Waals surface area contributed by atoms with Gasteiger partial charge >= 0.3 is 5.97 Å². The smallest absolute Gasteiger partial charge is 0.352 e. The molecule has 0 heterocycles. The van der Waals surface area contributed by atoms with Crippen LogP contribution in [-0.2, 0) is 9.59 Å². The average molecular weight is 263 g/mol. The summed E-state index contributed by atoms with van der Waals surface area (Å²) < 4.78 is 5.58. The number of carboxylic acids is 1. The fourth-order valence-corrected chi connectivity index (χ4v) is 1.46. The maximum Gasteiger partial charge on any atom is 0.352 e. The number of aliphatic carboxylic acids is 1. The van der Waals surface area contributed by atoms with Crippen LogP contribution >= 0.6 is 0 Å². The first kappa shape index (κ1) is 14.8. The van der Waals surface area contributed by atoms with Crippen LogP contribution in [0.4, 0.5) is 0 Å². The minimum absolute atomic E-state index is 0.0244. The zero-order valence-corrected chi connectivity index (χ0v) is 11.1. The van der Waals surface area contributed by atoms with Crippen LogP contribution in [0.25, 0.3) is 6.08 Å². The number of ether oxygens (including phenoxy) is 1. The van der Waals surface area contributed by atoms with E-state index in [1.54, 1.807) is 24.3 Å². The maximum absolute atomic E-state index is 11.0. The molecule has 2 N–H and O–H groups in total. The molecule has 102 valence electrons. The number of hydrogen-bond donors (Lipinski definition) is 2. The average Bonchev–Trinajstić information content (AvgIpc) is 2.29. The van der Waals surface area contributed by atoms with Gasteiger partial charge < -0.3 is 15.2 Å². The van der Waals surface area contributed by atoms with Gasteiger partial charge in [0, 0.05) is 12.5 Å². The molecule has 0 unspecified atom stereocenters. The fourth-order valence-electron chi connectivity index (χ4n) is 1.46. The number of amides is 1. The van der Waals surface area contributed by atoms with Gasteiger partial charge in [0.1, 0.15) is 11.4 Å². The third kappa shape index (κ3) is 4.83. The second kappa shape index (κ2) is 6.58. The van der Waals surface area contributed by atoms with Gasteiger partial charge in [-0.2, -0.15) is 0 Å². The van der Waals surface area contributed by atoms with E-state index in [0.717, 1.165) is 0 Å². The Morgan fingerprint density at radius 2 is 1.95 bits per heavy atom. The van der Waals surface area contributed by atoms with Crippen LogP contribution in [0.15, 0.2) is 30.0 Å². The maximum atomic E-state index is 11.0. The van der Waals surface area contributed by atoms with Crippen molar-refractivity contribution in [2.24, 2.45) is 0 Å². The van der Waals surface area contributed by atoms with Crippen LogP contribution in [0.5, 0.6) is 5.75 Å². The van der Waals surface area contributed by atoms with Crippen molar-refractivity contribution in [3.63, 3.8) is 0 Å². The highest BCUT2D eigenvalue weighted by atomic mass is 16.5. The second-order valence-corrected chi connectivity index (χ2v) is 4.25. The number of rotatable bonds is 5. The number of para-hydroxylation sites is 1. The van der Waals surface area contributed by atoms with Crippen molar-refractivity contribution in [2.45, 2.75) is 26.9 Å². The van der Waals surface area contributed by atoms with E-state index in [-0.39, 0.29) is 11.8 Å². The molecule has 5 heteroatoms. The molecule has 0 radical (unpaired) electrons. The summed E-state index contributed by atoms with van der Waals surface area (Å²) in [5.74, 6) is -1.06. The van der Waals surface area contributed by atoms with Gasteiger partial charge in [0.25, 0.3) is 0 Å². The van der Waals surface area contributed by atoms with E-state index >= 15 is 0 Å². The molecule has 19 heavy (non-hydrogen) atoms. The van der Waals surface area contributed by atoms with E-state index in [1.807, 2.05) is 13.8 Å². The Bertz CT molecular complexity index is 506. The van der Waals surface area contributed by atoms with Crippen molar-refractivity contribution in [3.8, 4) is 5.75 Å². The molecule has 1 aromatic carbocycles. The van der Waals surface area contributed by atoms with Crippen molar-refractivity contribution in [1.29, 1.82) is 0 Å². The molecule has 0 aliphatic rings. The van der Waals surface area contributed by atoms with Gasteiger partial charge in [-0.25, -0.2) is 4.79 Å². The molecule has 1 rings (SSSR count). The third-order valence-electron chi connectivity index (χ3n) is 2.12. The van der Waals surface area contributed by atoms with E-state index in [4.69, 9.17) is 9.84 Å². The monoisotopic (exact) mass is 263 g/mol. The second-order valence-electron chi connectivity index (χ2n) is 4.25. The number of carbonyl (C=O) groups excluding carboxylic acids is 1. The quantitative estimate of drug-likeness (QED) is 0.797. The molecule has 1 amide bonds. The van der Waals surface area contributed by atoms with Crippen LogP contribution < -0.4 is 10.1 Å². The van der Waals surface area contributed by atoms with Gasteiger partial charge in [-0.05, 0) is 26.0 Å². The number of carboxylic acid groups (broad SMARTS) is 1. The summed E-state index contributed by atoms with van der Waals surface area (Å²) in [6.45, 7) is 5.02. The molecule has 0 aliphatic carbocycles. The fraction of sp³-hybridized carbons (Fsp3) is 0.286. The third-order valence-corrected chi connectivity index (χ3v) is 2.12. The molecule has 0 bridgehead atoms. The van der Waals surface area contributed by atoms with Crippen LogP contribution in [0.3, 0.4) is 0 Å². The van der Waals surface area contributed by atoms with Gasteiger partial charge in [-0.15, -0.1) is 0 Å². The summed E-state index contributed by atoms with van der Waals surface area (Å²) in [5.41, 5.74) is 0.412. The summed E-state index contributed by atoms with van der Waals surface area (Å²) in [6, 6.07) is 7.04. The minimum Gasteiger partial charge on any atom is -0.490 e. The Morgan fingerprint density at radius 1 is 1.32 bits per heavy atom. The van der Waals surface area contributed by atoms with Crippen LogP contribution in [0.2, 0.25) is 0 Å². The first-order chi connectivity index (χ1) is 8.90. The predicted octanol–water partition coefficient (Wildman–Crippen LogP) is 2.04. The van der Waals surface area contributed by atoms with Gasteiger partial charge in [0.2, 0.25) is 5.91 Å². The van der Waals surface area contributed by atoms with Gasteiger partial charge in [-0.3, -0.25) is 4.79 Å². The molecule has 0 saturated heterocycles. The lowest BCUT2D eigenvalue weighted by Gasteiger charge is -2.12. The number of carbonyl (C=O) groups is 2. The minimum atomic E-state index is -1.20. The molecule has 0 fully saturated rings. The van der Waals surface area contributed by atoms with Crippen molar-refractivity contribution in [3.05, 3.63) is 35.5 Å². The Balaban J connectivity index is 3.13. The number of nitrogens with one attached hydrogen (secondary N) is 1. The molecular formula is C14H17NO4. The molecule has 0 saturated carbocycles. The summed E-state index contributed by atoms with van der Waals surface area (Å²) in [7, 11) is 0. The molecule has 0 aromatic heterocycles. The molecule has 0 atom stereocenters. The molecule has 0 aliphatic heterocycles. The molecule has 1 aromatic rings. The topological polar surface area (TPSA) is 75.6 Å². The Morgan fingerprint density at radius 3 is 2.47 bits per heavy atom. The van der Waals surface area contributed by atoms with Crippen molar-refractivity contribution in [2.75, 3.05) is 0 Å². The zero-order chi connectivity index (χ0) is 14.4. The Hall–Kier alpha value is -2.30. The largest absolute Gasteiger partial charge is 0.490 e. The van der Waals surface area contributed by atoms with Gasteiger partial charge in [0.15, 0.2) is 0 Å². The van der Waals surface area contributed by atoms with Gasteiger partial charge in [0.05, 0.1) is 6.10 Å². The highest BCUT2D eigenvalue weighted by molar-refractivity contribution is 5.96. The first-order valence-corrected chi connectivity index (χ1v) is 5.88. The first-order valence-electron chi connectivity index (χ1n) is 5.88. The Labute approximate surface area is 111 Å². The van der Waals surface area contributed by atoms with E-state index < -0.39 is 11.9 Å². The predicted molar refractivity (Wildman–Crippen MR) is 71.6 cm³/mol. The Kier molecular flexibility index (Phi) is 5.11. The van der Waals surface area contributed by atoms with E-state index in [9.17, 15) is 9.59 Å². The number of benzene rings is 1. The molecular weight excluding hydrogens is 246 g/mol. The van der Waals surface area contributed by atoms with Crippen LogP contribution in [-0.4, -0.2) is 23.1 Å². The normalized spacial score (nSPS) is 11.3. The summed E-state index contributed by atoms with van der Waals surface area (Å²) in [4.78, 5) is 22.0. The van der Waals surface area contributed by atoms with Crippen LogP contribution in [0, 0.1) is 0 Å². The molecule has 5 nitrogen and oxygen atoms in total. The lowest BCUT2D eigenvalue weighted by atomic mass is 10.1. The van der Waals surface area contributed by atoms with E-state index in [0.29, 0.717) is 11.3 Å². The van der Waals surface area contributed by atoms with Crippen molar-refractivity contribution in [1.82, 2.24) is 5.32 Å². The van der Waals surface area contributed by atoms with E-state index in [1.165, 1.54) is 13.0 Å². The zero-order valence-electron chi connectivity index (χ0n) is 11.1. The van der Waals surface area contributed by atoms with E-state index in [2.05, 4.69) is 5.32 Å². The summed E-state index contributed by atoms with van der Waals surface area (Å²) >= 11 is 0. The standard InChI is InChI=1S/C14H17NO4/c1-9(2)19-13-7-5-4-6-11(13)8-12(14(17)18)15-10(3)16/h4-9H,1-3H3,(H,15,16)(H,17,18)/b12-8-. The van der Waals surface area contributed by atoms with Crippen LogP contribution in [0.1, 0.15) is 26.3 Å². The lowest BCUT2D eigenvalue weighted by molar-refractivity contribution is -0.134. The summed E-state index contributed by atoms with van der Waals surface area (Å²) in [6.07, 6.45) is 1.35. The van der Waals surface area contributed by atoms with Gasteiger partial charge in [-0.1, -0.05) is 18.2 Å². The SMILES string of the molecule is CC(=O)N/C(=C\c1ccccc1OC(C)C)C(=O)O. The van der Waals surface area contributed by atoms with Crippen molar-refractivity contribution >= 4 is 18.0 Å². The number of hydrogen-bond acceptors (Lipinski definition) is 3. The highest BCUT2D eigenvalue weighted by Crippen LogP contribution is 2.21. The van der Waals surface area contributed by atoms with Crippen molar-refractivity contribution < 1.29 is 19.4 Å². The lowest BCUT2D eigenvalue weighted by Crippen LogP contribution is -2.24. The highest BCUT2D eigenvalue weighted by Gasteiger charge is 2.11.